The van der Waals surface area contributed by atoms with E-state index in [1.165, 1.54) is 6.08 Å². The molecule has 3 aromatic rings. The summed E-state index contributed by atoms with van der Waals surface area (Å²) in [6.45, 7) is 0. The maximum Gasteiger partial charge on any atom is 0.221 e. The topological polar surface area (TPSA) is 72.1 Å². The standard InChI is InChI=1S/C22H20N2O3/c1-27-20-9-6-18(7-10-20)15-19(25)14-17-4-2-16(3-5-17)8-11-21(26)22-23-12-13-24-22/h2-13H,14-15H2,1H3,(H,23,24)/b11-8+. The van der Waals surface area contributed by atoms with Crippen LogP contribution in [-0.4, -0.2) is 28.6 Å². The summed E-state index contributed by atoms with van der Waals surface area (Å²) < 4.78 is 5.12. The number of aromatic nitrogens is 2. The van der Waals surface area contributed by atoms with Crippen LogP contribution >= 0.6 is 0 Å². The number of Topliss-reactive ketones (excluding diaryl/α,β-unsaturated/α-hetero) is 1. The van der Waals surface area contributed by atoms with E-state index < -0.39 is 0 Å². The average Bonchev–Trinajstić information content (AvgIpc) is 3.23. The monoisotopic (exact) mass is 360 g/mol. The lowest BCUT2D eigenvalue weighted by Gasteiger charge is -2.04. The highest BCUT2D eigenvalue weighted by Crippen LogP contribution is 2.13. The van der Waals surface area contributed by atoms with E-state index in [-0.39, 0.29) is 11.6 Å². The van der Waals surface area contributed by atoms with Gasteiger partial charge in [-0.05, 0) is 34.9 Å². The summed E-state index contributed by atoms with van der Waals surface area (Å²) in [5, 5.41) is 0. The minimum Gasteiger partial charge on any atom is -0.497 e. The lowest BCUT2D eigenvalue weighted by atomic mass is 10.0. The van der Waals surface area contributed by atoms with Crippen LogP contribution in [-0.2, 0) is 17.6 Å². The molecule has 5 heteroatoms. The summed E-state index contributed by atoms with van der Waals surface area (Å²) in [5.74, 6) is 1.06. The van der Waals surface area contributed by atoms with Crippen LogP contribution in [0, 0.1) is 0 Å². The predicted octanol–water partition coefficient (Wildman–Crippen LogP) is 3.67. The fourth-order valence-electron chi connectivity index (χ4n) is 2.66. The number of nitrogens with one attached hydrogen (secondary N) is 1. The number of H-pyrrole nitrogens is 1. The molecule has 0 aliphatic heterocycles. The number of aromatic amines is 1. The van der Waals surface area contributed by atoms with Crippen molar-refractivity contribution < 1.29 is 14.3 Å². The van der Waals surface area contributed by atoms with Crippen LogP contribution in [0.3, 0.4) is 0 Å². The van der Waals surface area contributed by atoms with E-state index in [9.17, 15) is 9.59 Å². The molecule has 1 aromatic heterocycles. The molecule has 2 aromatic carbocycles. The van der Waals surface area contributed by atoms with Crippen LogP contribution in [0.5, 0.6) is 5.75 Å². The number of carbonyl (C=O) groups excluding carboxylic acids is 2. The molecular weight excluding hydrogens is 340 g/mol. The van der Waals surface area contributed by atoms with Gasteiger partial charge in [0.15, 0.2) is 5.82 Å². The van der Waals surface area contributed by atoms with E-state index in [2.05, 4.69) is 9.97 Å². The van der Waals surface area contributed by atoms with E-state index in [0.717, 1.165) is 22.4 Å². The Hall–Kier alpha value is -3.47. The van der Waals surface area contributed by atoms with Gasteiger partial charge in [-0.1, -0.05) is 42.5 Å². The number of hydrogen-bond acceptors (Lipinski definition) is 4. The lowest BCUT2D eigenvalue weighted by Crippen LogP contribution is -2.06. The highest BCUT2D eigenvalue weighted by atomic mass is 16.5. The fourth-order valence-corrected chi connectivity index (χ4v) is 2.66. The SMILES string of the molecule is COc1ccc(CC(=O)Cc2ccc(/C=C/C(=O)c3ncc[nH]3)cc2)cc1. The van der Waals surface area contributed by atoms with E-state index in [0.29, 0.717) is 18.7 Å². The predicted molar refractivity (Wildman–Crippen MR) is 104 cm³/mol. The zero-order chi connectivity index (χ0) is 19.1. The number of hydrogen-bond donors (Lipinski definition) is 1. The first-order chi connectivity index (χ1) is 13.1. The summed E-state index contributed by atoms with van der Waals surface area (Å²) in [4.78, 5) is 30.8. The Bertz CT molecular complexity index is 925. The average molecular weight is 360 g/mol. The quantitative estimate of drug-likeness (QED) is 0.491. The number of allylic oxidation sites excluding steroid dienone is 1. The first kappa shape index (κ1) is 18.3. The van der Waals surface area contributed by atoms with E-state index >= 15 is 0 Å². The van der Waals surface area contributed by atoms with Crippen molar-refractivity contribution in [1.82, 2.24) is 9.97 Å². The van der Waals surface area contributed by atoms with Gasteiger partial charge in [0.05, 0.1) is 7.11 Å². The van der Waals surface area contributed by atoms with Gasteiger partial charge in [0.25, 0.3) is 0 Å². The minimum atomic E-state index is -0.182. The highest BCUT2D eigenvalue weighted by Gasteiger charge is 2.06. The molecule has 0 bridgehead atoms. The van der Waals surface area contributed by atoms with Crippen LogP contribution in [0.4, 0.5) is 0 Å². The number of ketones is 2. The first-order valence-electron chi connectivity index (χ1n) is 8.59. The van der Waals surface area contributed by atoms with Crippen LogP contribution in [0.1, 0.15) is 27.3 Å². The smallest absolute Gasteiger partial charge is 0.221 e. The second kappa shape index (κ2) is 8.76. The summed E-state index contributed by atoms with van der Waals surface area (Å²) in [6.07, 6.45) is 7.12. The van der Waals surface area contributed by atoms with Gasteiger partial charge in [-0.15, -0.1) is 0 Å². The molecule has 0 unspecified atom stereocenters. The van der Waals surface area contributed by atoms with Gasteiger partial charge >= 0.3 is 0 Å². The van der Waals surface area contributed by atoms with Crippen LogP contribution in [0.2, 0.25) is 0 Å². The normalized spacial score (nSPS) is 10.9. The zero-order valence-corrected chi connectivity index (χ0v) is 15.0. The Morgan fingerprint density at radius 3 is 2.19 bits per heavy atom. The van der Waals surface area contributed by atoms with Crippen molar-refractivity contribution >= 4 is 17.6 Å². The van der Waals surface area contributed by atoms with E-state index in [4.69, 9.17) is 4.74 Å². The molecule has 1 heterocycles. The van der Waals surface area contributed by atoms with Crippen molar-refractivity contribution in [2.75, 3.05) is 7.11 Å². The number of imidazole rings is 1. The van der Waals surface area contributed by atoms with Crippen molar-refractivity contribution in [3.63, 3.8) is 0 Å². The number of carbonyl (C=O) groups is 2. The molecule has 5 nitrogen and oxygen atoms in total. The van der Waals surface area contributed by atoms with Crippen molar-refractivity contribution in [1.29, 1.82) is 0 Å². The van der Waals surface area contributed by atoms with E-state index in [1.807, 2.05) is 48.5 Å². The third-order valence-corrected chi connectivity index (χ3v) is 4.10. The third kappa shape index (κ3) is 5.25. The fraction of sp³-hybridized carbons (Fsp3) is 0.136. The van der Waals surface area contributed by atoms with Gasteiger partial charge in [-0.2, -0.15) is 0 Å². The van der Waals surface area contributed by atoms with E-state index in [1.54, 1.807) is 25.6 Å². The molecule has 1 N–H and O–H groups in total. The molecule has 0 spiro atoms. The third-order valence-electron chi connectivity index (χ3n) is 4.10. The van der Waals surface area contributed by atoms with Gasteiger partial charge in [0.1, 0.15) is 11.5 Å². The van der Waals surface area contributed by atoms with Crippen molar-refractivity contribution in [2.45, 2.75) is 12.8 Å². The molecule has 0 atom stereocenters. The van der Waals surface area contributed by atoms with Gasteiger partial charge in [-0.25, -0.2) is 4.98 Å². The zero-order valence-electron chi connectivity index (χ0n) is 15.0. The van der Waals surface area contributed by atoms with Gasteiger partial charge in [0, 0.05) is 25.2 Å². The van der Waals surface area contributed by atoms with Crippen LogP contribution < -0.4 is 4.74 Å². The lowest BCUT2D eigenvalue weighted by molar-refractivity contribution is -0.117. The minimum absolute atomic E-state index is 0.149. The maximum atomic E-state index is 12.3. The van der Waals surface area contributed by atoms with Gasteiger partial charge < -0.3 is 9.72 Å². The molecule has 0 amide bonds. The van der Waals surface area contributed by atoms with Crippen molar-refractivity contribution in [2.24, 2.45) is 0 Å². The molecule has 136 valence electrons. The largest absolute Gasteiger partial charge is 0.497 e. The number of rotatable bonds is 8. The Morgan fingerprint density at radius 1 is 1.00 bits per heavy atom. The maximum absolute atomic E-state index is 12.3. The molecule has 0 saturated heterocycles. The molecule has 3 rings (SSSR count). The molecule has 0 aliphatic carbocycles. The number of benzene rings is 2. The summed E-state index contributed by atoms with van der Waals surface area (Å²) >= 11 is 0. The van der Waals surface area contributed by atoms with Gasteiger partial charge in [0.2, 0.25) is 5.78 Å². The Kier molecular flexibility index (Phi) is 5.94. The van der Waals surface area contributed by atoms with Gasteiger partial charge in [-0.3, -0.25) is 9.59 Å². The summed E-state index contributed by atoms with van der Waals surface area (Å²) in [5.41, 5.74) is 2.81. The molecule has 27 heavy (non-hydrogen) atoms. The summed E-state index contributed by atoms with van der Waals surface area (Å²) in [7, 11) is 1.62. The van der Waals surface area contributed by atoms with Crippen molar-refractivity contribution in [3.8, 4) is 5.75 Å². The number of ether oxygens (including phenoxy) is 1. The Labute approximate surface area is 157 Å². The molecule has 0 fully saturated rings. The number of methoxy groups -OCH3 is 1. The van der Waals surface area contributed by atoms with Crippen LogP contribution in [0.15, 0.2) is 67.0 Å². The van der Waals surface area contributed by atoms with Crippen LogP contribution in [0.25, 0.3) is 6.08 Å². The second-order valence-corrected chi connectivity index (χ2v) is 6.12. The molecule has 0 aliphatic rings. The molecule has 0 saturated carbocycles. The molecular formula is C22H20N2O3. The first-order valence-corrected chi connectivity index (χ1v) is 8.59. The van der Waals surface area contributed by atoms with Crippen molar-refractivity contribution in [3.05, 3.63) is 89.5 Å². The molecule has 0 radical (unpaired) electrons. The summed E-state index contributed by atoms with van der Waals surface area (Å²) in [6, 6.07) is 15.1. The Morgan fingerprint density at radius 2 is 1.63 bits per heavy atom. The number of nitrogens with zero attached hydrogens (tertiary/aromatic N) is 1. The highest BCUT2D eigenvalue weighted by molar-refractivity contribution is 6.04. The second-order valence-electron chi connectivity index (χ2n) is 6.12. The Balaban J connectivity index is 1.55.